The van der Waals surface area contributed by atoms with Crippen LogP contribution >= 0.6 is 11.8 Å². The Morgan fingerprint density at radius 3 is 2.69 bits per heavy atom. The Balaban J connectivity index is 1.55. The van der Waals surface area contributed by atoms with Crippen molar-refractivity contribution in [2.75, 3.05) is 5.75 Å². The van der Waals surface area contributed by atoms with Gasteiger partial charge in [0.2, 0.25) is 0 Å². The third-order valence-corrected chi connectivity index (χ3v) is 4.52. The topological polar surface area (TPSA) is 72.2 Å². The summed E-state index contributed by atoms with van der Waals surface area (Å²) in [6, 6.07) is 15.9. The van der Waals surface area contributed by atoms with E-state index in [4.69, 9.17) is 0 Å². The number of hydrogen-bond acceptors (Lipinski definition) is 5. The number of aromatic nitrogens is 3. The second-order valence-electron chi connectivity index (χ2n) is 5.33. The van der Waals surface area contributed by atoms with Gasteiger partial charge in [0.15, 0.2) is 11.0 Å². The van der Waals surface area contributed by atoms with Gasteiger partial charge in [-0.15, -0.1) is 10.2 Å². The van der Waals surface area contributed by atoms with E-state index in [0.29, 0.717) is 10.7 Å². The summed E-state index contributed by atoms with van der Waals surface area (Å²) in [6.07, 6.45) is 1.27. The van der Waals surface area contributed by atoms with Gasteiger partial charge < -0.3 is 4.57 Å². The normalized spacial score (nSPS) is 11.0. The van der Waals surface area contributed by atoms with E-state index in [9.17, 15) is 9.18 Å². The van der Waals surface area contributed by atoms with Crippen LogP contribution in [0.25, 0.3) is 11.4 Å². The Hall–Kier alpha value is -3.00. The first kappa shape index (κ1) is 17.8. The number of rotatable bonds is 6. The van der Waals surface area contributed by atoms with Crippen molar-refractivity contribution in [1.82, 2.24) is 20.2 Å². The highest BCUT2D eigenvalue weighted by Crippen LogP contribution is 2.22. The summed E-state index contributed by atoms with van der Waals surface area (Å²) in [7, 11) is 1.85. The third kappa shape index (κ3) is 4.34. The zero-order valence-corrected chi connectivity index (χ0v) is 14.8. The van der Waals surface area contributed by atoms with Crippen LogP contribution in [0.2, 0.25) is 0 Å². The minimum absolute atomic E-state index is 0.120. The molecule has 1 aromatic heterocycles. The molecule has 1 amide bonds. The lowest BCUT2D eigenvalue weighted by Crippen LogP contribution is -2.20. The number of halogens is 1. The molecule has 0 fully saturated rings. The van der Waals surface area contributed by atoms with Gasteiger partial charge in [-0.3, -0.25) is 4.79 Å². The maximum absolute atomic E-state index is 13.4. The number of nitrogens with one attached hydrogen (secondary N) is 1. The van der Waals surface area contributed by atoms with Crippen LogP contribution in [0, 0.1) is 5.82 Å². The zero-order chi connectivity index (χ0) is 18.4. The fraction of sp³-hybridized carbons (Fsp3) is 0.111. The van der Waals surface area contributed by atoms with E-state index in [1.54, 1.807) is 18.2 Å². The average Bonchev–Trinajstić information content (AvgIpc) is 3.03. The molecule has 0 saturated heterocycles. The minimum atomic E-state index is -0.396. The van der Waals surface area contributed by atoms with Crippen LogP contribution in [0.1, 0.15) is 5.56 Å². The molecule has 1 heterocycles. The van der Waals surface area contributed by atoms with E-state index in [0.717, 1.165) is 11.4 Å². The second-order valence-corrected chi connectivity index (χ2v) is 6.28. The van der Waals surface area contributed by atoms with Crippen molar-refractivity contribution in [1.29, 1.82) is 0 Å². The zero-order valence-electron chi connectivity index (χ0n) is 14.0. The van der Waals surface area contributed by atoms with Crippen molar-refractivity contribution in [3.8, 4) is 11.4 Å². The molecule has 0 aliphatic carbocycles. The molecular formula is C18H16FN5OS. The Morgan fingerprint density at radius 1 is 1.19 bits per heavy atom. The van der Waals surface area contributed by atoms with Crippen molar-refractivity contribution >= 4 is 23.9 Å². The van der Waals surface area contributed by atoms with E-state index < -0.39 is 5.82 Å². The number of amides is 1. The smallest absolute Gasteiger partial charge is 0.250 e. The van der Waals surface area contributed by atoms with Crippen LogP contribution in [0.5, 0.6) is 0 Å². The highest BCUT2D eigenvalue weighted by atomic mass is 32.2. The summed E-state index contributed by atoms with van der Waals surface area (Å²) < 4.78 is 15.3. The molecule has 0 unspecified atom stereocenters. The first-order valence-corrected chi connectivity index (χ1v) is 8.78. The molecule has 132 valence electrons. The van der Waals surface area contributed by atoms with Crippen molar-refractivity contribution in [3.05, 3.63) is 66.0 Å². The van der Waals surface area contributed by atoms with Crippen LogP contribution in [-0.2, 0) is 11.8 Å². The standard InChI is InChI=1S/C18H16FN5OS/c1-24-17(13-7-3-2-4-8-13)22-23-18(24)26-12-16(25)21-20-11-14-9-5-6-10-15(14)19/h2-11H,12H2,1H3,(H,21,25). The summed E-state index contributed by atoms with van der Waals surface area (Å²) in [4.78, 5) is 11.9. The molecule has 0 atom stereocenters. The van der Waals surface area contributed by atoms with Gasteiger partial charge >= 0.3 is 0 Å². The second kappa shape index (κ2) is 8.39. The van der Waals surface area contributed by atoms with Crippen LogP contribution in [-0.4, -0.2) is 32.6 Å². The maximum Gasteiger partial charge on any atom is 0.250 e. The monoisotopic (exact) mass is 369 g/mol. The predicted octanol–water partition coefficient (Wildman–Crippen LogP) is 2.86. The van der Waals surface area contributed by atoms with Crippen LogP contribution in [0.15, 0.2) is 64.9 Å². The Bertz CT molecular complexity index is 926. The molecular weight excluding hydrogens is 353 g/mol. The van der Waals surface area contributed by atoms with Gasteiger partial charge in [0.1, 0.15) is 5.82 Å². The lowest BCUT2D eigenvalue weighted by molar-refractivity contribution is -0.118. The SMILES string of the molecule is Cn1c(SCC(=O)NN=Cc2ccccc2F)nnc1-c1ccccc1. The van der Waals surface area contributed by atoms with Gasteiger partial charge in [0.25, 0.3) is 5.91 Å². The van der Waals surface area contributed by atoms with Gasteiger partial charge in [-0.1, -0.05) is 60.3 Å². The van der Waals surface area contributed by atoms with Crippen LogP contribution < -0.4 is 5.43 Å². The van der Waals surface area contributed by atoms with E-state index in [1.165, 1.54) is 24.0 Å². The summed E-state index contributed by atoms with van der Waals surface area (Å²) >= 11 is 1.25. The Kier molecular flexibility index (Phi) is 5.75. The highest BCUT2D eigenvalue weighted by Gasteiger charge is 2.12. The number of hydrazone groups is 1. The number of carbonyl (C=O) groups excluding carboxylic acids is 1. The number of thioether (sulfide) groups is 1. The third-order valence-electron chi connectivity index (χ3n) is 3.50. The van der Waals surface area contributed by atoms with E-state index in [-0.39, 0.29) is 11.7 Å². The largest absolute Gasteiger partial charge is 0.305 e. The molecule has 6 nitrogen and oxygen atoms in total. The summed E-state index contributed by atoms with van der Waals surface area (Å²) in [6.45, 7) is 0. The number of hydrogen-bond donors (Lipinski definition) is 1. The van der Waals surface area contributed by atoms with Crippen LogP contribution in [0.4, 0.5) is 4.39 Å². The van der Waals surface area contributed by atoms with E-state index >= 15 is 0 Å². The maximum atomic E-state index is 13.4. The number of nitrogens with zero attached hydrogens (tertiary/aromatic N) is 4. The minimum Gasteiger partial charge on any atom is -0.305 e. The molecule has 0 aliphatic rings. The first-order valence-electron chi connectivity index (χ1n) is 7.79. The van der Waals surface area contributed by atoms with Crippen molar-refractivity contribution in [3.63, 3.8) is 0 Å². The number of benzene rings is 2. The Morgan fingerprint density at radius 2 is 1.92 bits per heavy atom. The summed E-state index contributed by atoms with van der Waals surface area (Å²) in [5.41, 5.74) is 3.63. The lowest BCUT2D eigenvalue weighted by Gasteiger charge is -2.03. The van der Waals surface area contributed by atoms with Gasteiger partial charge in [0.05, 0.1) is 12.0 Å². The lowest BCUT2D eigenvalue weighted by atomic mass is 10.2. The quantitative estimate of drug-likeness (QED) is 0.412. The van der Waals surface area contributed by atoms with Crippen molar-refractivity contribution in [2.24, 2.45) is 12.1 Å². The fourth-order valence-electron chi connectivity index (χ4n) is 2.20. The summed E-state index contributed by atoms with van der Waals surface area (Å²) in [5.74, 6) is 0.139. The summed E-state index contributed by atoms with van der Waals surface area (Å²) in [5, 5.41) is 12.7. The molecule has 0 radical (unpaired) electrons. The number of carbonyl (C=O) groups is 1. The fourth-order valence-corrected chi connectivity index (χ4v) is 2.90. The molecule has 3 rings (SSSR count). The van der Waals surface area contributed by atoms with Gasteiger partial charge in [0, 0.05) is 18.2 Å². The molecule has 0 spiro atoms. The molecule has 26 heavy (non-hydrogen) atoms. The molecule has 1 N–H and O–H groups in total. The highest BCUT2D eigenvalue weighted by molar-refractivity contribution is 7.99. The van der Waals surface area contributed by atoms with Crippen molar-refractivity contribution < 1.29 is 9.18 Å². The van der Waals surface area contributed by atoms with E-state index in [1.807, 2.05) is 41.9 Å². The van der Waals surface area contributed by atoms with Gasteiger partial charge in [-0.25, -0.2) is 9.82 Å². The molecule has 0 saturated carbocycles. The van der Waals surface area contributed by atoms with E-state index in [2.05, 4.69) is 20.7 Å². The molecule has 8 heteroatoms. The van der Waals surface area contributed by atoms with Crippen LogP contribution in [0.3, 0.4) is 0 Å². The molecule has 2 aromatic carbocycles. The Labute approximate surface area is 154 Å². The average molecular weight is 369 g/mol. The molecule has 0 aliphatic heterocycles. The molecule has 0 bridgehead atoms. The predicted molar refractivity (Wildman–Crippen MR) is 99.3 cm³/mol. The first-order chi connectivity index (χ1) is 12.6. The van der Waals surface area contributed by atoms with Gasteiger partial charge in [-0.05, 0) is 6.07 Å². The van der Waals surface area contributed by atoms with Crippen molar-refractivity contribution in [2.45, 2.75) is 5.16 Å². The van der Waals surface area contributed by atoms with Gasteiger partial charge in [-0.2, -0.15) is 5.10 Å². The molecule has 3 aromatic rings.